The Bertz CT molecular complexity index is 651. The van der Waals surface area contributed by atoms with Gasteiger partial charge in [-0.1, -0.05) is 20.8 Å². The number of carbonyl (C=O) groups is 2. The van der Waals surface area contributed by atoms with Crippen LogP contribution >= 0.6 is 11.3 Å². The van der Waals surface area contributed by atoms with Gasteiger partial charge < -0.3 is 9.52 Å². The van der Waals surface area contributed by atoms with E-state index < -0.39 is 11.9 Å². The third-order valence-corrected chi connectivity index (χ3v) is 3.32. The highest BCUT2D eigenvalue weighted by Crippen LogP contribution is 2.26. The Morgan fingerprint density at radius 3 is 2.60 bits per heavy atom. The number of nitrogens with zero attached hydrogens (tertiary/aromatic N) is 1. The van der Waals surface area contributed by atoms with E-state index in [2.05, 4.69) is 10.3 Å². The second kappa shape index (κ2) is 5.09. The van der Waals surface area contributed by atoms with Gasteiger partial charge in [0.1, 0.15) is 6.26 Å². The number of aromatic carboxylic acids is 1. The molecule has 0 aromatic carbocycles. The van der Waals surface area contributed by atoms with Crippen molar-refractivity contribution in [3.05, 3.63) is 34.7 Å². The van der Waals surface area contributed by atoms with E-state index in [4.69, 9.17) is 9.52 Å². The largest absolute Gasteiger partial charge is 0.478 e. The number of carbonyl (C=O) groups excluding carboxylic acids is 1. The van der Waals surface area contributed by atoms with Crippen molar-refractivity contribution in [1.29, 1.82) is 0 Å². The van der Waals surface area contributed by atoms with Crippen molar-refractivity contribution in [2.45, 2.75) is 26.2 Å². The van der Waals surface area contributed by atoms with Crippen LogP contribution in [-0.4, -0.2) is 22.0 Å². The normalized spacial score (nSPS) is 11.3. The van der Waals surface area contributed by atoms with Gasteiger partial charge in [-0.15, -0.1) is 11.3 Å². The second-order valence-electron chi connectivity index (χ2n) is 5.25. The van der Waals surface area contributed by atoms with Crippen LogP contribution in [0.25, 0.3) is 0 Å². The highest BCUT2D eigenvalue weighted by molar-refractivity contribution is 7.14. The monoisotopic (exact) mass is 294 g/mol. The van der Waals surface area contributed by atoms with Gasteiger partial charge in [0.05, 0.1) is 11.3 Å². The van der Waals surface area contributed by atoms with Gasteiger partial charge in [0.2, 0.25) is 0 Å². The van der Waals surface area contributed by atoms with Crippen LogP contribution in [-0.2, 0) is 5.41 Å². The summed E-state index contributed by atoms with van der Waals surface area (Å²) in [5, 5.41) is 13.7. The summed E-state index contributed by atoms with van der Waals surface area (Å²) in [4.78, 5) is 26.9. The summed E-state index contributed by atoms with van der Waals surface area (Å²) in [6.45, 7) is 6.08. The van der Waals surface area contributed by atoms with E-state index in [9.17, 15) is 9.59 Å². The van der Waals surface area contributed by atoms with Gasteiger partial charge >= 0.3 is 5.97 Å². The van der Waals surface area contributed by atoms with Crippen LogP contribution in [0.5, 0.6) is 0 Å². The number of rotatable bonds is 3. The van der Waals surface area contributed by atoms with Crippen LogP contribution in [0, 0.1) is 0 Å². The van der Waals surface area contributed by atoms with E-state index >= 15 is 0 Å². The van der Waals surface area contributed by atoms with Crippen molar-refractivity contribution in [3.63, 3.8) is 0 Å². The van der Waals surface area contributed by atoms with E-state index in [1.54, 1.807) is 0 Å². The minimum atomic E-state index is -1.14. The lowest BCUT2D eigenvalue weighted by molar-refractivity contribution is 0.0696. The summed E-state index contributed by atoms with van der Waals surface area (Å²) in [7, 11) is 0. The van der Waals surface area contributed by atoms with Gasteiger partial charge in [0.25, 0.3) is 5.91 Å². The average molecular weight is 294 g/mol. The van der Waals surface area contributed by atoms with Crippen molar-refractivity contribution >= 4 is 28.3 Å². The van der Waals surface area contributed by atoms with Crippen LogP contribution in [0.3, 0.4) is 0 Å². The summed E-state index contributed by atoms with van der Waals surface area (Å²) in [5.41, 5.74) is 0.717. The summed E-state index contributed by atoms with van der Waals surface area (Å²) < 4.78 is 4.92. The Hall–Kier alpha value is -2.15. The topological polar surface area (TPSA) is 92.4 Å². The molecular formula is C13H14N2O4S. The van der Waals surface area contributed by atoms with Crippen LogP contribution in [0.15, 0.2) is 22.1 Å². The molecule has 0 atom stereocenters. The van der Waals surface area contributed by atoms with Gasteiger partial charge in [-0.05, 0) is 0 Å². The molecule has 7 heteroatoms. The molecule has 0 aliphatic carbocycles. The van der Waals surface area contributed by atoms with E-state index in [1.807, 2.05) is 26.2 Å². The zero-order valence-electron chi connectivity index (χ0n) is 11.3. The first-order chi connectivity index (χ1) is 9.27. The minimum absolute atomic E-state index is 0.0603. The van der Waals surface area contributed by atoms with Gasteiger partial charge in [-0.3, -0.25) is 10.1 Å². The zero-order chi connectivity index (χ0) is 14.9. The van der Waals surface area contributed by atoms with Gasteiger partial charge in [-0.2, -0.15) is 0 Å². The fraction of sp³-hybridized carbons (Fsp3) is 0.308. The van der Waals surface area contributed by atoms with E-state index in [-0.39, 0.29) is 16.7 Å². The van der Waals surface area contributed by atoms with Crippen molar-refractivity contribution in [1.82, 2.24) is 4.98 Å². The number of furan rings is 1. The standard InChI is InChI=1S/C13H14N2O4S/c1-13(2,3)9-6-20-12(14-9)15-10(16)8-4-7(5-19-8)11(17)18/h4-6H,1-3H3,(H,17,18)(H,14,15,16). The fourth-order valence-electron chi connectivity index (χ4n) is 1.40. The molecule has 0 radical (unpaired) electrons. The van der Waals surface area contributed by atoms with Crippen LogP contribution in [0.2, 0.25) is 0 Å². The SMILES string of the molecule is CC(C)(C)c1csc(NC(=O)c2cc(C(=O)O)co2)n1. The molecule has 0 saturated heterocycles. The third-order valence-electron chi connectivity index (χ3n) is 2.56. The van der Waals surface area contributed by atoms with Gasteiger partial charge in [0, 0.05) is 16.9 Å². The molecule has 106 valence electrons. The Labute approximate surface area is 119 Å². The van der Waals surface area contributed by atoms with E-state index in [0.29, 0.717) is 5.13 Å². The molecule has 2 N–H and O–H groups in total. The summed E-state index contributed by atoms with van der Waals surface area (Å²) in [6.07, 6.45) is 1.03. The number of hydrogen-bond donors (Lipinski definition) is 2. The lowest BCUT2D eigenvalue weighted by Gasteiger charge is -2.14. The van der Waals surface area contributed by atoms with E-state index in [1.165, 1.54) is 17.4 Å². The number of amides is 1. The quantitative estimate of drug-likeness (QED) is 0.907. The molecule has 0 aliphatic heterocycles. The van der Waals surface area contributed by atoms with Crippen LogP contribution in [0.1, 0.15) is 47.4 Å². The first kappa shape index (κ1) is 14.3. The van der Waals surface area contributed by atoms with E-state index in [0.717, 1.165) is 12.0 Å². The van der Waals surface area contributed by atoms with Crippen molar-refractivity contribution in [2.24, 2.45) is 0 Å². The molecule has 0 fully saturated rings. The molecule has 2 heterocycles. The number of carboxylic acid groups (broad SMARTS) is 1. The third kappa shape index (κ3) is 3.05. The van der Waals surface area contributed by atoms with Crippen LogP contribution < -0.4 is 5.32 Å². The molecule has 2 aromatic rings. The van der Waals surface area contributed by atoms with Crippen molar-refractivity contribution in [2.75, 3.05) is 5.32 Å². The lowest BCUT2D eigenvalue weighted by atomic mass is 9.93. The summed E-state index contributed by atoms with van der Waals surface area (Å²) >= 11 is 1.31. The molecule has 0 saturated carbocycles. The van der Waals surface area contributed by atoms with Crippen molar-refractivity contribution < 1.29 is 19.1 Å². The number of aromatic nitrogens is 1. The molecule has 0 unspecified atom stereocenters. The predicted octanol–water partition coefficient (Wildman–Crippen LogP) is 2.98. The number of thiazole rings is 1. The maximum atomic E-state index is 11.9. The van der Waals surface area contributed by atoms with Gasteiger partial charge in [0.15, 0.2) is 10.9 Å². The summed E-state index contributed by atoms with van der Waals surface area (Å²) in [5.74, 6) is -1.72. The lowest BCUT2D eigenvalue weighted by Crippen LogP contribution is -2.13. The minimum Gasteiger partial charge on any atom is -0.478 e. The number of carboxylic acids is 1. The first-order valence-corrected chi connectivity index (χ1v) is 6.74. The Morgan fingerprint density at radius 2 is 2.10 bits per heavy atom. The second-order valence-corrected chi connectivity index (χ2v) is 6.10. The fourth-order valence-corrected chi connectivity index (χ4v) is 2.33. The molecule has 2 aromatic heterocycles. The molecule has 20 heavy (non-hydrogen) atoms. The van der Waals surface area contributed by atoms with Crippen LogP contribution in [0.4, 0.5) is 5.13 Å². The zero-order valence-corrected chi connectivity index (χ0v) is 12.1. The van der Waals surface area contributed by atoms with Gasteiger partial charge in [-0.25, -0.2) is 9.78 Å². The number of nitrogens with one attached hydrogen (secondary N) is 1. The summed E-state index contributed by atoms with van der Waals surface area (Å²) in [6, 6.07) is 1.18. The predicted molar refractivity (Wildman–Crippen MR) is 74.4 cm³/mol. The molecule has 2 rings (SSSR count). The molecule has 0 spiro atoms. The first-order valence-electron chi connectivity index (χ1n) is 5.86. The Morgan fingerprint density at radius 1 is 1.40 bits per heavy atom. The average Bonchev–Trinajstić information content (AvgIpc) is 2.95. The maximum absolute atomic E-state index is 11.9. The molecule has 0 bridgehead atoms. The molecule has 6 nitrogen and oxygen atoms in total. The number of anilines is 1. The maximum Gasteiger partial charge on any atom is 0.338 e. The smallest absolute Gasteiger partial charge is 0.338 e. The Balaban J connectivity index is 2.11. The number of hydrogen-bond acceptors (Lipinski definition) is 5. The van der Waals surface area contributed by atoms with Crippen molar-refractivity contribution in [3.8, 4) is 0 Å². The molecular weight excluding hydrogens is 280 g/mol. The Kier molecular flexibility index (Phi) is 3.63. The molecule has 0 aliphatic rings. The molecule has 1 amide bonds. The highest BCUT2D eigenvalue weighted by atomic mass is 32.1. The highest BCUT2D eigenvalue weighted by Gasteiger charge is 2.20.